The van der Waals surface area contributed by atoms with Crippen LogP contribution >= 0.6 is 23.1 Å². The number of benzene rings is 1. The fourth-order valence-corrected chi connectivity index (χ4v) is 4.58. The summed E-state index contributed by atoms with van der Waals surface area (Å²) in [5.74, 6) is 0.777. The predicted octanol–water partition coefficient (Wildman–Crippen LogP) is 4.77. The molecule has 27 heavy (non-hydrogen) atoms. The number of aromatic nitrogens is 2. The smallest absolute Gasteiger partial charge is 0.277 e. The number of nitrogens with zero attached hydrogens (tertiary/aromatic N) is 3. The number of para-hydroxylation sites is 1. The summed E-state index contributed by atoms with van der Waals surface area (Å²) in [4.78, 5) is 15.6. The van der Waals surface area contributed by atoms with Crippen molar-refractivity contribution >= 4 is 34.6 Å². The summed E-state index contributed by atoms with van der Waals surface area (Å²) < 4.78 is 5.63. The molecule has 0 unspecified atom stereocenters. The number of hydrogen-bond donors (Lipinski definition) is 0. The molecule has 0 saturated carbocycles. The van der Waals surface area contributed by atoms with Gasteiger partial charge in [-0.25, -0.2) is 0 Å². The predicted molar refractivity (Wildman–Crippen MR) is 109 cm³/mol. The van der Waals surface area contributed by atoms with Gasteiger partial charge in [0.05, 0.1) is 10.6 Å². The Morgan fingerprint density at radius 1 is 1.26 bits per heavy atom. The van der Waals surface area contributed by atoms with E-state index in [-0.39, 0.29) is 17.0 Å². The summed E-state index contributed by atoms with van der Waals surface area (Å²) in [5, 5.41) is 10.4. The molecule has 4 rings (SSSR count). The molecule has 3 heterocycles. The van der Waals surface area contributed by atoms with E-state index in [1.54, 1.807) is 17.4 Å². The Bertz CT molecular complexity index is 1010. The molecule has 7 heteroatoms. The molecule has 0 atom stereocenters. The minimum Gasteiger partial charge on any atom is -0.410 e. The first-order valence-corrected chi connectivity index (χ1v) is 10.4. The molecule has 5 nitrogen and oxygen atoms in total. The number of thioether (sulfide) groups is 1. The normalized spacial score (nSPS) is 16.7. The Hall–Kier alpha value is -2.38. The summed E-state index contributed by atoms with van der Waals surface area (Å²) in [6, 6.07) is 12.1. The molecule has 0 fully saturated rings. The molecule has 1 aliphatic rings. The van der Waals surface area contributed by atoms with Crippen molar-refractivity contribution in [3.8, 4) is 10.8 Å². The van der Waals surface area contributed by atoms with Gasteiger partial charge in [0.15, 0.2) is 5.78 Å². The Kier molecular flexibility index (Phi) is 4.65. The van der Waals surface area contributed by atoms with Gasteiger partial charge in [0.1, 0.15) is 0 Å². The summed E-state index contributed by atoms with van der Waals surface area (Å²) in [6.07, 6.45) is 1.74. The van der Waals surface area contributed by atoms with Crippen molar-refractivity contribution in [3.05, 3.63) is 59.1 Å². The minimum absolute atomic E-state index is 0.0265. The molecule has 0 saturated heterocycles. The molecule has 2 aromatic heterocycles. The van der Waals surface area contributed by atoms with E-state index in [0.717, 1.165) is 16.3 Å². The molecule has 138 valence electrons. The Balaban J connectivity index is 1.47. The summed E-state index contributed by atoms with van der Waals surface area (Å²) in [7, 11) is 2.01. The van der Waals surface area contributed by atoms with Gasteiger partial charge in [0.2, 0.25) is 0 Å². The van der Waals surface area contributed by atoms with Gasteiger partial charge in [-0.1, -0.05) is 49.9 Å². The second-order valence-corrected chi connectivity index (χ2v) is 8.71. The molecule has 0 amide bonds. The lowest BCUT2D eigenvalue weighted by Crippen LogP contribution is -2.24. The summed E-state index contributed by atoms with van der Waals surface area (Å²) >= 11 is 2.81. The van der Waals surface area contributed by atoms with Crippen molar-refractivity contribution in [1.29, 1.82) is 0 Å². The highest BCUT2D eigenvalue weighted by molar-refractivity contribution is 7.99. The van der Waals surface area contributed by atoms with Gasteiger partial charge >= 0.3 is 0 Å². The Morgan fingerprint density at radius 2 is 2.07 bits per heavy atom. The average Bonchev–Trinajstić information content (AvgIpc) is 3.37. The monoisotopic (exact) mass is 397 g/mol. The SMILES string of the molecule is CN1C(=CC(=O)CSc2nnc(-c3cccs3)o2)C(C)(C)c2ccccc21. The van der Waals surface area contributed by atoms with Crippen LogP contribution in [0.3, 0.4) is 0 Å². The Morgan fingerprint density at radius 3 is 2.81 bits per heavy atom. The van der Waals surface area contributed by atoms with E-state index >= 15 is 0 Å². The van der Waals surface area contributed by atoms with Gasteiger partial charge in [-0.05, 0) is 23.1 Å². The summed E-state index contributed by atoms with van der Waals surface area (Å²) in [6.45, 7) is 4.29. The van der Waals surface area contributed by atoms with Crippen LogP contribution < -0.4 is 4.90 Å². The second-order valence-electron chi connectivity index (χ2n) is 6.84. The van der Waals surface area contributed by atoms with Crippen molar-refractivity contribution in [1.82, 2.24) is 10.2 Å². The topological polar surface area (TPSA) is 59.2 Å². The molecule has 0 bridgehead atoms. The third-order valence-corrected chi connectivity index (χ3v) is 6.41. The molecule has 0 spiro atoms. The quantitative estimate of drug-likeness (QED) is 0.456. The molecule has 0 radical (unpaired) electrons. The van der Waals surface area contributed by atoms with E-state index in [1.165, 1.54) is 17.3 Å². The molecule has 1 aromatic carbocycles. The number of allylic oxidation sites excluding steroid dienone is 2. The average molecular weight is 398 g/mol. The van der Waals surface area contributed by atoms with E-state index in [0.29, 0.717) is 11.1 Å². The van der Waals surface area contributed by atoms with Crippen LogP contribution in [0.2, 0.25) is 0 Å². The van der Waals surface area contributed by atoms with Crippen molar-refractivity contribution in [3.63, 3.8) is 0 Å². The van der Waals surface area contributed by atoms with Crippen molar-refractivity contribution in [2.24, 2.45) is 0 Å². The van der Waals surface area contributed by atoms with Gasteiger partial charge in [0.25, 0.3) is 11.1 Å². The lowest BCUT2D eigenvalue weighted by Gasteiger charge is -2.23. The van der Waals surface area contributed by atoms with Crippen LogP contribution in [-0.2, 0) is 10.2 Å². The van der Waals surface area contributed by atoms with Crippen LogP contribution in [0.25, 0.3) is 10.8 Å². The van der Waals surface area contributed by atoms with E-state index in [9.17, 15) is 4.79 Å². The van der Waals surface area contributed by atoms with E-state index in [1.807, 2.05) is 36.7 Å². The number of hydrogen-bond acceptors (Lipinski definition) is 7. The first-order valence-electron chi connectivity index (χ1n) is 8.55. The first-order chi connectivity index (χ1) is 13.0. The van der Waals surface area contributed by atoms with Crippen molar-refractivity contribution in [2.45, 2.75) is 24.5 Å². The van der Waals surface area contributed by atoms with Gasteiger partial charge in [-0.3, -0.25) is 4.79 Å². The molecule has 0 N–H and O–H groups in total. The maximum Gasteiger partial charge on any atom is 0.277 e. The highest BCUT2D eigenvalue weighted by Gasteiger charge is 2.38. The highest BCUT2D eigenvalue weighted by atomic mass is 32.2. The van der Waals surface area contributed by atoms with Gasteiger partial charge in [-0.2, -0.15) is 0 Å². The van der Waals surface area contributed by atoms with E-state index in [2.05, 4.69) is 41.1 Å². The molecule has 3 aromatic rings. The molecular formula is C20H19N3O2S2. The zero-order valence-electron chi connectivity index (χ0n) is 15.3. The summed E-state index contributed by atoms with van der Waals surface area (Å²) in [5.41, 5.74) is 3.17. The van der Waals surface area contributed by atoms with Crippen molar-refractivity contribution in [2.75, 3.05) is 17.7 Å². The van der Waals surface area contributed by atoms with Crippen LogP contribution in [0.1, 0.15) is 19.4 Å². The van der Waals surface area contributed by atoms with Gasteiger partial charge in [-0.15, -0.1) is 21.5 Å². The standard InChI is InChI=1S/C20H19N3O2S2/c1-20(2)14-7-4-5-8-15(14)23(3)17(20)11-13(24)12-27-19-22-21-18(25-19)16-9-6-10-26-16/h4-11H,12H2,1-3H3. The fraction of sp³-hybridized carbons (Fsp3) is 0.250. The van der Waals surface area contributed by atoms with Gasteiger partial charge < -0.3 is 9.32 Å². The number of thiophene rings is 1. The molecular weight excluding hydrogens is 378 g/mol. The molecule has 1 aliphatic heterocycles. The zero-order chi connectivity index (χ0) is 19.0. The van der Waals surface area contributed by atoms with Crippen LogP contribution in [0.5, 0.6) is 0 Å². The van der Waals surface area contributed by atoms with Crippen LogP contribution in [-0.4, -0.2) is 28.8 Å². The number of ketones is 1. The lowest BCUT2D eigenvalue weighted by molar-refractivity contribution is -0.112. The lowest BCUT2D eigenvalue weighted by atomic mass is 9.83. The maximum atomic E-state index is 12.6. The molecule has 0 aliphatic carbocycles. The van der Waals surface area contributed by atoms with Crippen LogP contribution in [0.4, 0.5) is 5.69 Å². The number of rotatable bonds is 5. The van der Waals surface area contributed by atoms with E-state index in [4.69, 9.17) is 4.42 Å². The number of anilines is 1. The number of carbonyl (C=O) groups excluding carboxylic acids is 1. The van der Waals surface area contributed by atoms with Crippen LogP contribution in [0, 0.1) is 0 Å². The van der Waals surface area contributed by atoms with Crippen molar-refractivity contribution < 1.29 is 9.21 Å². The fourth-order valence-electron chi connectivity index (χ4n) is 3.35. The third kappa shape index (κ3) is 3.33. The largest absolute Gasteiger partial charge is 0.410 e. The number of carbonyl (C=O) groups is 1. The highest BCUT2D eigenvalue weighted by Crippen LogP contribution is 2.46. The van der Waals surface area contributed by atoms with Gasteiger partial charge in [0, 0.05) is 29.9 Å². The maximum absolute atomic E-state index is 12.6. The minimum atomic E-state index is -0.206. The third-order valence-electron chi connectivity index (χ3n) is 4.71. The first kappa shape index (κ1) is 18.0. The Labute approximate surface area is 166 Å². The zero-order valence-corrected chi connectivity index (χ0v) is 16.9. The van der Waals surface area contributed by atoms with Crippen LogP contribution in [0.15, 0.2) is 63.2 Å². The second kappa shape index (κ2) is 6.98. The number of fused-ring (bicyclic) bond motifs is 1. The number of likely N-dealkylation sites (N-methyl/N-ethyl adjacent to an activating group) is 1. The van der Waals surface area contributed by atoms with E-state index < -0.39 is 0 Å².